The number of benzene rings is 1. The highest BCUT2D eigenvalue weighted by Gasteiger charge is 2.36. The average Bonchev–Trinajstić information content (AvgIpc) is 3.09. The van der Waals surface area contributed by atoms with E-state index in [-0.39, 0.29) is 16.9 Å². The monoisotopic (exact) mass is 303 g/mol. The first-order valence-electron chi connectivity index (χ1n) is 5.92. The first-order chi connectivity index (χ1) is 10.2. The molecule has 1 aliphatic heterocycles. The minimum absolute atomic E-state index is 0.00258. The molecule has 3 amide bonds. The van der Waals surface area contributed by atoms with Crippen molar-refractivity contribution >= 4 is 29.5 Å². The van der Waals surface area contributed by atoms with Gasteiger partial charge in [0, 0.05) is 0 Å². The topological polar surface area (TPSA) is 108 Å². The Kier molecular flexibility index (Phi) is 3.40. The number of nitrogens with zero attached hydrogens (tertiary/aromatic N) is 3. The molecular weight excluding hydrogens is 294 g/mol. The smallest absolute Gasteiger partial charge is 0.272 e. The van der Waals surface area contributed by atoms with Crippen LogP contribution >= 0.6 is 11.8 Å². The Bertz CT molecular complexity index is 680. The van der Waals surface area contributed by atoms with E-state index in [4.69, 9.17) is 0 Å². The van der Waals surface area contributed by atoms with Crippen LogP contribution in [0.4, 0.5) is 0 Å². The van der Waals surface area contributed by atoms with E-state index in [1.165, 1.54) is 6.33 Å². The predicted molar refractivity (Wildman–Crippen MR) is 72.2 cm³/mol. The summed E-state index contributed by atoms with van der Waals surface area (Å²) < 4.78 is 0. The summed E-state index contributed by atoms with van der Waals surface area (Å²) in [4.78, 5) is 39.7. The molecule has 0 radical (unpaired) electrons. The lowest BCUT2D eigenvalue weighted by Gasteiger charge is -2.14. The van der Waals surface area contributed by atoms with Crippen LogP contribution in [0.1, 0.15) is 20.7 Å². The minimum atomic E-state index is -0.534. The number of aromatic nitrogens is 3. The zero-order valence-corrected chi connectivity index (χ0v) is 11.4. The summed E-state index contributed by atoms with van der Waals surface area (Å²) in [6, 6.07) is 6.42. The number of imide groups is 1. The van der Waals surface area contributed by atoms with Crippen LogP contribution in [-0.4, -0.2) is 43.7 Å². The molecule has 0 saturated carbocycles. The standard InChI is InChI=1S/C12H9N5O3S/c18-9(5-21-12-13-6-14-15-12)16-17-10(19)7-3-1-2-4-8(7)11(17)20/h1-4,6H,5H2,(H,16,18)(H,13,14,15). The summed E-state index contributed by atoms with van der Waals surface area (Å²) in [7, 11) is 0. The van der Waals surface area contributed by atoms with Crippen LogP contribution in [0.2, 0.25) is 0 Å². The van der Waals surface area contributed by atoms with Crippen molar-refractivity contribution in [3.63, 3.8) is 0 Å². The van der Waals surface area contributed by atoms with Gasteiger partial charge in [0.25, 0.3) is 11.8 Å². The number of aromatic amines is 1. The first-order valence-corrected chi connectivity index (χ1v) is 6.91. The Hall–Kier alpha value is -2.68. The molecule has 2 heterocycles. The van der Waals surface area contributed by atoms with Crippen molar-refractivity contribution in [1.29, 1.82) is 0 Å². The lowest BCUT2D eigenvalue weighted by Crippen LogP contribution is -2.46. The van der Waals surface area contributed by atoms with Crippen LogP contribution in [0.15, 0.2) is 35.7 Å². The van der Waals surface area contributed by atoms with Crippen LogP contribution in [0.25, 0.3) is 0 Å². The van der Waals surface area contributed by atoms with Gasteiger partial charge in [-0.3, -0.25) is 24.9 Å². The molecule has 21 heavy (non-hydrogen) atoms. The Morgan fingerprint density at radius 1 is 1.24 bits per heavy atom. The van der Waals surface area contributed by atoms with Crippen LogP contribution in [0, 0.1) is 0 Å². The molecule has 0 saturated heterocycles. The maximum atomic E-state index is 12.0. The van der Waals surface area contributed by atoms with Gasteiger partial charge in [0.15, 0.2) is 5.16 Å². The van der Waals surface area contributed by atoms with E-state index in [2.05, 4.69) is 20.6 Å². The minimum Gasteiger partial charge on any atom is -0.272 e. The van der Waals surface area contributed by atoms with Crippen LogP contribution in [-0.2, 0) is 4.79 Å². The van der Waals surface area contributed by atoms with Crippen molar-refractivity contribution < 1.29 is 14.4 Å². The molecule has 106 valence electrons. The largest absolute Gasteiger partial charge is 0.280 e. The summed E-state index contributed by atoms with van der Waals surface area (Å²) in [5, 5.41) is 7.45. The summed E-state index contributed by atoms with van der Waals surface area (Å²) in [6.07, 6.45) is 1.32. The lowest BCUT2D eigenvalue weighted by atomic mass is 10.1. The number of amides is 3. The molecule has 1 aromatic carbocycles. The van der Waals surface area contributed by atoms with Crippen molar-refractivity contribution in [1.82, 2.24) is 25.6 Å². The van der Waals surface area contributed by atoms with E-state index < -0.39 is 17.7 Å². The van der Waals surface area contributed by atoms with Gasteiger partial charge in [0.1, 0.15) is 6.33 Å². The molecule has 0 unspecified atom stereocenters. The Morgan fingerprint density at radius 2 is 1.90 bits per heavy atom. The third kappa shape index (κ3) is 2.50. The normalized spacial score (nSPS) is 13.4. The lowest BCUT2D eigenvalue weighted by molar-refractivity contribution is -0.121. The number of hydrogen-bond acceptors (Lipinski definition) is 6. The number of nitrogens with one attached hydrogen (secondary N) is 2. The molecule has 0 aliphatic carbocycles. The molecule has 8 nitrogen and oxygen atoms in total. The van der Waals surface area contributed by atoms with Crippen molar-refractivity contribution in [2.24, 2.45) is 0 Å². The van der Waals surface area contributed by atoms with E-state index in [0.29, 0.717) is 5.16 Å². The highest BCUT2D eigenvalue weighted by molar-refractivity contribution is 7.99. The van der Waals surface area contributed by atoms with Crippen molar-refractivity contribution in [2.75, 3.05) is 5.75 Å². The van der Waals surface area contributed by atoms with E-state index in [1.54, 1.807) is 24.3 Å². The fourth-order valence-electron chi connectivity index (χ4n) is 1.85. The van der Waals surface area contributed by atoms with Gasteiger partial charge in [0.2, 0.25) is 5.91 Å². The van der Waals surface area contributed by atoms with Gasteiger partial charge in [0.05, 0.1) is 16.9 Å². The number of fused-ring (bicyclic) bond motifs is 1. The highest BCUT2D eigenvalue weighted by Crippen LogP contribution is 2.20. The first kappa shape index (κ1) is 13.3. The van der Waals surface area contributed by atoms with Gasteiger partial charge in [-0.15, -0.1) is 0 Å². The number of rotatable bonds is 4. The van der Waals surface area contributed by atoms with Crippen LogP contribution < -0.4 is 5.43 Å². The number of hydrazine groups is 1. The summed E-state index contributed by atoms with van der Waals surface area (Å²) >= 11 is 1.11. The maximum Gasteiger partial charge on any atom is 0.280 e. The average molecular weight is 303 g/mol. The second-order valence-electron chi connectivity index (χ2n) is 4.11. The van der Waals surface area contributed by atoms with Crippen molar-refractivity contribution in [3.8, 4) is 0 Å². The number of carbonyl (C=O) groups is 3. The van der Waals surface area contributed by atoms with Gasteiger partial charge in [-0.2, -0.15) is 10.1 Å². The number of carbonyl (C=O) groups excluding carboxylic acids is 3. The maximum absolute atomic E-state index is 12.0. The van der Waals surface area contributed by atoms with Crippen molar-refractivity contribution in [3.05, 3.63) is 41.7 Å². The fourth-order valence-corrected chi connectivity index (χ4v) is 2.42. The molecule has 0 spiro atoms. The predicted octanol–water partition coefficient (Wildman–Crippen LogP) is 0.224. The molecule has 1 aromatic heterocycles. The van der Waals surface area contributed by atoms with E-state index in [9.17, 15) is 14.4 Å². The third-order valence-corrected chi connectivity index (χ3v) is 3.64. The Labute approximate surface area is 122 Å². The third-order valence-electron chi connectivity index (χ3n) is 2.76. The van der Waals surface area contributed by atoms with Gasteiger partial charge >= 0.3 is 0 Å². The molecule has 2 N–H and O–H groups in total. The number of thioether (sulfide) groups is 1. The highest BCUT2D eigenvalue weighted by atomic mass is 32.2. The molecule has 0 fully saturated rings. The molecule has 3 rings (SSSR count). The number of H-pyrrole nitrogens is 1. The SMILES string of the molecule is O=C(CSc1ncn[nH]1)NN1C(=O)c2ccccc2C1=O. The van der Waals surface area contributed by atoms with Crippen LogP contribution in [0.5, 0.6) is 0 Å². The van der Waals surface area contributed by atoms with Crippen molar-refractivity contribution in [2.45, 2.75) is 5.16 Å². The Morgan fingerprint density at radius 3 is 2.48 bits per heavy atom. The summed E-state index contributed by atoms with van der Waals surface area (Å²) in [5.41, 5.74) is 2.87. The molecule has 0 bridgehead atoms. The van der Waals surface area contributed by atoms with Gasteiger partial charge in [-0.1, -0.05) is 23.9 Å². The fraction of sp³-hybridized carbons (Fsp3) is 0.0833. The number of hydrogen-bond donors (Lipinski definition) is 2. The van der Waals surface area contributed by atoms with Gasteiger partial charge < -0.3 is 0 Å². The molecule has 2 aromatic rings. The second-order valence-corrected chi connectivity index (χ2v) is 5.07. The van der Waals surface area contributed by atoms with Gasteiger partial charge in [-0.05, 0) is 12.1 Å². The summed E-state index contributed by atoms with van der Waals surface area (Å²) in [5.74, 6) is -1.55. The van der Waals surface area contributed by atoms with E-state index in [0.717, 1.165) is 16.8 Å². The zero-order valence-electron chi connectivity index (χ0n) is 10.6. The molecule has 9 heteroatoms. The zero-order chi connectivity index (χ0) is 14.8. The van der Waals surface area contributed by atoms with E-state index in [1.807, 2.05) is 0 Å². The molecule has 1 aliphatic rings. The van der Waals surface area contributed by atoms with E-state index >= 15 is 0 Å². The quantitative estimate of drug-likeness (QED) is 0.618. The molecule has 0 atom stereocenters. The van der Waals surface area contributed by atoms with Crippen LogP contribution in [0.3, 0.4) is 0 Å². The second kappa shape index (κ2) is 5.37. The Balaban J connectivity index is 1.65. The summed E-state index contributed by atoms with van der Waals surface area (Å²) in [6.45, 7) is 0. The molecular formula is C12H9N5O3S. The van der Waals surface area contributed by atoms with Gasteiger partial charge in [-0.25, -0.2) is 4.98 Å².